The SMILES string of the molecule is CN1CCCc2cc3c(cc21)[Si](C)(C)c1cc2c(cc1C3=O)CCCN2C. The van der Waals surface area contributed by atoms with Crippen LogP contribution in [0, 0.1) is 0 Å². The van der Waals surface area contributed by atoms with Gasteiger partial charge in [-0.2, -0.15) is 0 Å². The fraction of sp³-hybridized carbons (Fsp3) is 0.435. The first-order valence-corrected chi connectivity index (χ1v) is 13.2. The highest BCUT2D eigenvalue weighted by atomic mass is 28.3. The van der Waals surface area contributed by atoms with Crippen LogP contribution in [0.15, 0.2) is 24.3 Å². The highest BCUT2D eigenvalue weighted by molar-refractivity contribution is 7.02. The van der Waals surface area contributed by atoms with E-state index in [1.54, 1.807) is 0 Å². The van der Waals surface area contributed by atoms with E-state index in [0.29, 0.717) is 0 Å². The van der Waals surface area contributed by atoms with Gasteiger partial charge in [-0.05, 0) is 71.4 Å². The van der Waals surface area contributed by atoms with Gasteiger partial charge in [0.2, 0.25) is 0 Å². The predicted molar refractivity (Wildman–Crippen MR) is 116 cm³/mol. The number of hydrogen-bond acceptors (Lipinski definition) is 3. The number of ketones is 1. The summed E-state index contributed by atoms with van der Waals surface area (Å²) in [6.45, 7) is 7.05. The molecule has 3 heterocycles. The Bertz CT molecular complexity index is 903. The molecule has 3 aliphatic rings. The molecule has 0 fully saturated rings. The first kappa shape index (κ1) is 17.1. The molecule has 0 saturated carbocycles. The summed E-state index contributed by atoms with van der Waals surface area (Å²) in [6.07, 6.45) is 4.52. The van der Waals surface area contributed by atoms with Gasteiger partial charge in [0.25, 0.3) is 0 Å². The number of nitrogens with zero attached hydrogens (tertiary/aromatic N) is 2. The topological polar surface area (TPSA) is 23.6 Å². The molecule has 0 spiro atoms. The van der Waals surface area contributed by atoms with Crippen molar-refractivity contribution in [1.82, 2.24) is 0 Å². The Morgan fingerprint density at radius 2 is 1.22 bits per heavy atom. The Morgan fingerprint density at radius 3 is 1.67 bits per heavy atom. The molecule has 0 N–H and O–H groups in total. The van der Waals surface area contributed by atoms with Gasteiger partial charge in [0, 0.05) is 49.7 Å². The zero-order chi connectivity index (χ0) is 18.9. The zero-order valence-corrected chi connectivity index (χ0v) is 17.9. The molecule has 0 bridgehead atoms. The number of anilines is 2. The van der Waals surface area contributed by atoms with Crippen molar-refractivity contribution in [1.29, 1.82) is 0 Å². The Balaban J connectivity index is 1.75. The van der Waals surface area contributed by atoms with E-state index in [0.717, 1.165) is 37.1 Å². The smallest absolute Gasteiger partial charge is 0.192 e. The molecule has 27 heavy (non-hydrogen) atoms. The van der Waals surface area contributed by atoms with Crippen LogP contribution in [0.4, 0.5) is 11.4 Å². The number of hydrogen-bond donors (Lipinski definition) is 0. The maximum atomic E-state index is 13.5. The maximum Gasteiger partial charge on any atom is 0.192 e. The Kier molecular flexibility index (Phi) is 3.61. The molecule has 0 aromatic heterocycles. The van der Waals surface area contributed by atoms with Crippen molar-refractivity contribution >= 4 is 35.6 Å². The van der Waals surface area contributed by atoms with E-state index in [1.165, 1.54) is 45.7 Å². The van der Waals surface area contributed by atoms with Crippen molar-refractivity contribution in [3.8, 4) is 0 Å². The summed E-state index contributed by atoms with van der Waals surface area (Å²) in [5.74, 6) is 0.249. The lowest BCUT2D eigenvalue weighted by Gasteiger charge is -2.38. The van der Waals surface area contributed by atoms with Crippen LogP contribution in [0.25, 0.3) is 0 Å². The normalized spacial score (nSPS) is 19.9. The second-order valence-electron chi connectivity index (χ2n) is 9.06. The lowest BCUT2D eigenvalue weighted by molar-refractivity contribution is 0.104. The summed E-state index contributed by atoms with van der Waals surface area (Å²) in [5, 5.41) is 2.65. The molecule has 3 aliphatic heterocycles. The second-order valence-corrected chi connectivity index (χ2v) is 13.4. The fourth-order valence-electron chi connectivity index (χ4n) is 5.33. The third kappa shape index (κ3) is 2.35. The lowest BCUT2D eigenvalue weighted by Crippen LogP contribution is -2.60. The summed E-state index contributed by atoms with van der Waals surface area (Å²) < 4.78 is 0. The van der Waals surface area contributed by atoms with E-state index in [1.807, 2.05) is 0 Å². The zero-order valence-electron chi connectivity index (χ0n) is 16.9. The molecule has 5 rings (SSSR count). The molecule has 0 saturated heterocycles. The summed E-state index contributed by atoms with van der Waals surface area (Å²) in [7, 11) is 2.44. The van der Waals surface area contributed by atoms with Gasteiger partial charge in [-0.15, -0.1) is 0 Å². The Morgan fingerprint density at radius 1 is 0.778 bits per heavy atom. The van der Waals surface area contributed by atoms with Crippen LogP contribution in [0.2, 0.25) is 13.1 Å². The predicted octanol–water partition coefficient (Wildman–Crippen LogP) is 2.82. The molecule has 0 atom stereocenters. The summed E-state index contributed by atoms with van der Waals surface area (Å²) >= 11 is 0. The van der Waals surface area contributed by atoms with Crippen molar-refractivity contribution in [3.63, 3.8) is 0 Å². The van der Waals surface area contributed by atoms with Gasteiger partial charge in [-0.25, -0.2) is 0 Å². The van der Waals surface area contributed by atoms with E-state index in [2.05, 4.69) is 61.3 Å². The van der Waals surface area contributed by atoms with Gasteiger partial charge in [0.05, 0.1) is 0 Å². The molecule has 2 aromatic carbocycles. The van der Waals surface area contributed by atoms with Crippen LogP contribution >= 0.6 is 0 Å². The highest BCUT2D eigenvalue weighted by Gasteiger charge is 2.40. The van der Waals surface area contributed by atoms with Gasteiger partial charge < -0.3 is 9.80 Å². The molecule has 4 heteroatoms. The van der Waals surface area contributed by atoms with E-state index in [9.17, 15) is 4.79 Å². The summed E-state index contributed by atoms with van der Waals surface area (Å²) in [5.41, 5.74) is 7.34. The molecule has 0 aliphatic carbocycles. The van der Waals surface area contributed by atoms with Crippen LogP contribution < -0.4 is 20.2 Å². The average molecular weight is 377 g/mol. The van der Waals surface area contributed by atoms with Gasteiger partial charge >= 0.3 is 0 Å². The number of benzene rings is 2. The fourth-order valence-corrected chi connectivity index (χ4v) is 8.34. The van der Waals surface area contributed by atoms with Crippen LogP contribution in [-0.4, -0.2) is 41.0 Å². The van der Waals surface area contributed by atoms with Crippen molar-refractivity contribution in [2.24, 2.45) is 0 Å². The quantitative estimate of drug-likeness (QED) is 0.661. The van der Waals surface area contributed by atoms with Gasteiger partial charge in [0.15, 0.2) is 5.78 Å². The summed E-state index contributed by atoms with van der Waals surface area (Å²) in [6, 6.07) is 9.18. The van der Waals surface area contributed by atoms with Crippen molar-refractivity contribution < 1.29 is 4.79 Å². The first-order valence-electron chi connectivity index (χ1n) is 10.2. The minimum absolute atomic E-state index is 0.249. The number of fused-ring (bicyclic) bond motifs is 4. The van der Waals surface area contributed by atoms with Crippen LogP contribution in [0.3, 0.4) is 0 Å². The molecule has 2 aromatic rings. The first-order chi connectivity index (χ1) is 12.9. The third-order valence-corrected chi connectivity index (χ3v) is 10.5. The molecule has 0 unspecified atom stereocenters. The Hall–Kier alpha value is -2.07. The van der Waals surface area contributed by atoms with Gasteiger partial charge in [-0.3, -0.25) is 4.79 Å². The lowest BCUT2D eigenvalue weighted by atomic mass is 9.92. The number of aryl methyl sites for hydroxylation is 2. The molecule has 3 nitrogen and oxygen atoms in total. The van der Waals surface area contributed by atoms with Crippen LogP contribution in [0.1, 0.15) is 39.9 Å². The third-order valence-electron chi connectivity index (χ3n) is 6.98. The molecular weight excluding hydrogens is 348 g/mol. The molecule has 0 amide bonds. The second kappa shape index (κ2) is 5.71. The number of rotatable bonds is 0. The molecule has 140 valence electrons. The van der Waals surface area contributed by atoms with Gasteiger partial charge in [0.1, 0.15) is 8.07 Å². The highest BCUT2D eigenvalue weighted by Crippen LogP contribution is 2.33. The largest absolute Gasteiger partial charge is 0.374 e. The number of carbonyl (C=O) groups excluding carboxylic acids is 1. The van der Waals surface area contributed by atoms with E-state index in [-0.39, 0.29) is 5.78 Å². The maximum absolute atomic E-state index is 13.5. The van der Waals surface area contributed by atoms with Crippen molar-refractivity contribution in [2.45, 2.75) is 38.8 Å². The van der Waals surface area contributed by atoms with Gasteiger partial charge in [-0.1, -0.05) is 13.1 Å². The Labute approximate surface area is 163 Å². The van der Waals surface area contributed by atoms with Crippen molar-refractivity contribution in [2.75, 3.05) is 37.0 Å². The van der Waals surface area contributed by atoms with E-state index >= 15 is 0 Å². The molecule has 0 radical (unpaired) electrons. The standard InChI is InChI=1S/C23H28N2OSi/c1-24-9-5-7-15-11-17-21(13-19(15)24)27(3,4)22-14-20-16(8-6-10-25(20)2)12-18(22)23(17)26/h11-14H,5-10H2,1-4H3. The van der Waals surface area contributed by atoms with E-state index in [4.69, 9.17) is 0 Å². The van der Waals surface area contributed by atoms with Crippen LogP contribution in [0.5, 0.6) is 0 Å². The van der Waals surface area contributed by atoms with Crippen molar-refractivity contribution in [3.05, 3.63) is 46.5 Å². The number of carbonyl (C=O) groups is 1. The minimum atomic E-state index is -1.93. The van der Waals surface area contributed by atoms with E-state index < -0.39 is 8.07 Å². The minimum Gasteiger partial charge on any atom is -0.374 e. The average Bonchev–Trinajstić information content (AvgIpc) is 2.65. The van der Waals surface area contributed by atoms with Crippen LogP contribution in [-0.2, 0) is 12.8 Å². The summed E-state index contributed by atoms with van der Waals surface area (Å²) in [4.78, 5) is 18.3. The molecular formula is C23H28N2OSi. The monoisotopic (exact) mass is 376 g/mol.